The Hall–Kier alpha value is -1.86. The van der Waals surface area contributed by atoms with Crippen molar-refractivity contribution in [2.75, 3.05) is 0 Å². The largest absolute Gasteiger partial charge is 0.388 e. The molecule has 0 bridgehead atoms. The molecule has 0 saturated heterocycles. The molecule has 1 nitrogen and oxygen atoms in total. The van der Waals surface area contributed by atoms with Crippen LogP contribution < -0.4 is 0 Å². The molecule has 21 heavy (non-hydrogen) atoms. The summed E-state index contributed by atoms with van der Waals surface area (Å²) in [5.41, 5.74) is 4.68. The Balaban J connectivity index is 2.08. The molecule has 0 fully saturated rings. The molecular formula is C20H22O. The van der Waals surface area contributed by atoms with Crippen molar-refractivity contribution >= 4 is 6.08 Å². The fraction of sp³-hybridized carbons (Fsp3) is 0.300. The second-order valence-corrected chi connectivity index (χ2v) is 6.86. The van der Waals surface area contributed by atoms with Gasteiger partial charge in [-0.05, 0) is 27.7 Å². The monoisotopic (exact) mass is 278 g/mol. The van der Waals surface area contributed by atoms with E-state index >= 15 is 0 Å². The van der Waals surface area contributed by atoms with Crippen LogP contribution in [0.5, 0.6) is 0 Å². The average Bonchev–Trinajstić information content (AvgIpc) is 2.89. The molecule has 1 N–H and O–H groups in total. The number of fused-ring (bicyclic) bond motifs is 1. The Bertz CT molecular complexity index is 676. The van der Waals surface area contributed by atoms with Crippen LogP contribution >= 0.6 is 0 Å². The third-order valence-corrected chi connectivity index (χ3v) is 4.25. The average molecular weight is 278 g/mol. The number of aliphatic hydroxyl groups excluding tert-OH is 1. The van der Waals surface area contributed by atoms with Gasteiger partial charge in [0.1, 0.15) is 0 Å². The molecule has 2 atom stereocenters. The van der Waals surface area contributed by atoms with E-state index in [0.29, 0.717) is 0 Å². The van der Waals surface area contributed by atoms with Gasteiger partial charge in [-0.25, -0.2) is 0 Å². The van der Waals surface area contributed by atoms with Crippen molar-refractivity contribution in [1.29, 1.82) is 0 Å². The summed E-state index contributed by atoms with van der Waals surface area (Å²) in [7, 11) is 0. The molecule has 108 valence electrons. The topological polar surface area (TPSA) is 20.2 Å². The molecule has 2 aromatic rings. The molecule has 0 aliphatic heterocycles. The van der Waals surface area contributed by atoms with Crippen molar-refractivity contribution in [3.8, 4) is 0 Å². The van der Waals surface area contributed by atoms with Crippen LogP contribution in [0.1, 0.15) is 55.0 Å². The van der Waals surface area contributed by atoms with E-state index in [-0.39, 0.29) is 11.3 Å². The minimum atomic E-state index is -0.463. The standard InChI is InChI=1S/C20H22O/c1-20(2,3)19(21)18-11-7-6-10-16(18)17-13-12-14-8-4-5-9-15(14)17/h4-13,17,19,21H,1-3H3. The molecule has 1 heteroatoms. The van der Waals surface area contributed by atoms with E-state index in [2.05, 4.69) is 75.4 Å². The maximum Gasteiger partial charge on any atom is 0.0841 e. The highest BCUT2D eigenvalue weighted by Crippen LogP contribution is 2.41. The van der Waals surface area contributed by atoms with Gasteiger partial charge in [-0.15, -0.1) is 0 Å². The Morgan fingerprint density at radius 2 is 1.52 bits per heavy atom. The molecule has 0 spiro atoms. The lowest BCUT2D eigenvalue weighted by Gasteiger charge is -2.29. The number of benzene rings is 2. The summed E-state index contributed by atoms with van der Waals surface area (Å²) in [5.74, 6) is 0.245. The Morgan fingerprint density at radius 3 is 2.24 bits per heavy atom. The van der Waals surface area contributed by atoms with Crippen LogP contribution in [-0.4, -0.2) is 5.11 Å². The van der Waals surface area contributed by atoms with Crippen molar-refractivity contribution in [3.05, 3.63) is 76.9 Å². The van der Waals surface area contributed by atoms with Gasteiger partial charge in [0.2, 0.25) is 0 Å². The molecule has 0 saturated carbocycles. The van der Waals surface area contributed by atoms with Crippen LogP contribution in [0.3, 0.4) is 0 Å². The van der Waals surface area contributed by atoms with Crippen molar-refractivity contribution in [2.45, 2.75) is 32.8 Å². The Kier molecular flexibility index (Phi) is 3.46. The van der Waals surface area contributed by atoms with E-state index in [1.54, 1.807) is 0 Å². The number of allylic oxidation sites excluding steroid dienone is 1. The summed E-state index contributed by atoms with van der Waals surface area (Å²) in [4.78, 5) is 0. The molecule has 0 aromatic heterocycles. The molecule has 0 radical (unpaired) electrons. The molecular weight excluding hydrogens is 256 g/mol. The van der Waals surface area contributed by atoms with Crippen LogP contribution in [-0.2, 0) is 0 Å². The first kappa shape index (κ1) is 14.1. The van der Waals surface area contributed by atoms with Gasteiger partial charge in [-0.3, -0.25) is 0 Å². The quantitative estimate of drug-likeness (QED) is 0.826. The van der Waals surface area contributed by atoms with E-state index in [1.807, 2.05) is 6.07 Å². The van der Waals surface area contributed by atoms with Gasteiger partial charge in [0, 0.05) is 5.92 Å². The predicted octanol–water partition coefficient (Wildman–Crippen LogP) is 4.92. The summed E-state index contributed by atoms with van der Waals surface area (Å²) in [5, 5.41) is 10.7. The third kappa shape index (κ3) is 2.54. The number of aliphatic hydroxyl groups is 1. The van der Waals surface area contributed by atoms with Gasteiger partial charge in [0.25, 0.3) is 0 Å². The van der Waals surface area contributed by atoms with Crippen molar-refractivity contribution in [2.24, 2.45) is 5.41 Å². The molecule has 0 amide bonds. The number of hydrogen-bond acceptors (Lipinski definition) is 1. The lowest BCUT2D eigenvalue weighted by Crippen LogP contribution is -2.19. The lowest BCUT2D eigenvalue weighted by molar-refractivity contribution is 0.0618. The van der Waals surface area contributed by atoms with Crippen LogP contribution in [0.15, 0.2) is 54.6 Å². The van der Waals surface area contributed by atoms with Crippen LogP contribution in [0.2, 0.25) is 0 Å². The molecule has 1 aliphatic rings. The fourth-order valence-electron chi connectivity index (χ4n) is 3.03. The smallest absolute Gasteiger partial charge is 0.0841 e. The Morgan fingerprint density at radius 1 is 0.905 bits per heavy atom. The highest BCUT2D eigenvalue weighted by Gasteiger charge is 2.29. The summed E-state index contributed by atoms with van der Waals surface area (Å²) >= 11 is 0. The van der Waals surface area contributed by atoms with Crippen LogP contribution in [0, 0.1) is 5.41 Å². The Labute approximate surface area is 127 Å². The van der Waals surface area contributed by atoms with E-state index in [9.17, 15) is 5.11 Å². The predicted molar refractivity (Wildman–Crippen MR) is 88.2 cm³/mol. The highest BCUT2D eigenvalue weighted by atomic mass is 16.3. The second-order valence-electron chi connectivity index (χ2n) is 6.86. The lowest BCUT2D eigenvalue weighted by atomic mass is 9.79. The first-order chi connectivity index (χ1) is 9.98. The minimum absolute atomic E-state index is 0.169. The fourth-order valence-corrected chi connectivity index (χ4v) is 3.03. The molecule has 0 heterocycles. The normalized spacial score (nSPS) is 18.6. The van der Waals surface area contributed by atoms with Gasteiger partial charge in [0.05, 0.1) is 6.10 Å². The zero-order valence-corrected chi connectivity index (χ0v) is 12.9. The number of hydrogen-bond donors (Lipinski definition) is 1. The van der Waals surface area contributed by atoms with E-state index in [0.717, 1.165) is 5.56 Å². The van der Waals surface area contributed by atoms with Crippen molar-refractivity contribution in [3.63, 3.8) is 0 Å². The molecule has 2 unspecified atom stereocenters. The van der Waals surface area contributed by atoms with Crippen LogP contribution in [0.25, 0.3) is 6.08 Å². The van der Waals surface area contributed by atoms with E-state index in [1.165, 1.54) is 16.7 Å². The van der Waals surface area contributed by atoms with Gasteiger partial charge in [-0.2, -0.15) is 0 Å². The van der Waals surface area contributed by atoms with E-state index in [4.69, 9.17) is 0 Å². The highest BCUT2D eigenvalue weighted by molar-refractivity contribution is 5.65. The van der Waals surface area contributed by atoms with Crippen molar-refractivity contribution in [1.82, 2.24) is 0 Å². The SMILES string of the molecule is CC(C)(C)C(O)c1ccccc1C1C=Cc2ccccc21. The first-order valence-electron chi connectivity index (χ1n) is 7.52. The van der Waals surface area contributed by atoms with Crippen LogP contribution in [0.4, 0.5) is 0 Å². The maximum atomic E-state index is 10.7. The zero-order valence-electron chi connectivity index (χ0n) is 12.9. The van der Waals surface area contributed by atoms with Gasteiger partial charge >= 0.3 is 0 Å². The summed E-state index contributed by atoms with van der Waals surface area (Å²) < 4.78 is 0. The van der Waals surface area contributed by atoms with Gasteiger partial charge < -0.3 is 5.11 Å². The van der Waals surface area contributed by atoms with Gasteiger partial charge in [-0.1, -0.05) is 81.5 Å². The third-order valence-electron chi connectivity index (χ3n) is 4.25. The zero-order chi connectivity index (χ0) is 15.0. The first-order valence-corrected chi connectivity index (χ1v) is 7.52. The minimum Gasteiger partial charge on any atom is -0.388 e. The molecule has 1 aliphatic carbocycles. The second kappa shape index (κ2) is 5.16. The van der Waals surface area contributed by atoms with Crippen molar-refractivity contribution < 1.29 is 5.11 Å². The van der Waals surface area contributed by atoms with Gasteiger partial charge in [0.15, 0.2) is 0 Å². The molecule has 3 rings (SSSR count). The van der Waals surface area contributed by atoms with E-state index < -0.39 is 6.10 Å². The summed E-state index contributed by atoms with van der Waals surface area (Å²) in [6.45, 7) is 6.23. The number of rotatable bonds is 2. The molecule has 2 aromatic carbocycles. The summed E-state index contributed by atoms with van der Waals surface area (Å²) in [6.07, 6.45) is 3.95. The summed E-state index contributed by atoms with van der Waals surface area (Å²) in [6, 6.07) is 16.8. The maximum absolute atomic E-state index is 10.7.